The number of amides is 1. The molecule has 108 valence electrons. The highest BCUT2D eigenvalue weighted by atomic mass is 35.5. The van der Waals surface area contributed by atoms with Crippen molar-refractivity contribution in [3.05, 3.63) is 52.8 Å². The van der Waals surface area contributed by atoms with Crippen LogP contribution in [0.4, 0.5) is 5.69 Å². The molecule has 21 heavy (non-hydrogen) atoms. The van der Waals surface area contributed by atoms with Gasteiger partial charge in [0.25, 0.3) is 5.91 Å². The fraction of sp³-hybridized carbons (Fsp3) is 0.353. The minimum atomic E-state index is -0.293. The summed E-state index contributed by atoms with van der Waals surface area (Å²) < 4.78 is 0. The Balaban J connectivity index is 1.61. The van der Waals surface area contributed by atoms with E-state index < -0.39 is 0 Å². The van der Waals surface area contributed by atoms with Crippen LogP contribution < -0.4 is 4.90 Å². The lowest BCUT2D eigenvalue weighted by Gasteiger charge is -2.21. The maximum absolute atomic E-state index is 12.3. The number of halogens is 1. The van der Waals surface area contributed by atoms with Crippen molar-refractivity contribution in [2.75, 3.05) is 11.4 Å². The van der Waals surface area contributed by atoms with Crippen molar-refractivity contribution in [3.63, 3.8) is 0 Å². The molecule has 0 aromatic heterocycles. The van der Waals surface area contributed by atoms with E-state index in [0.29, 0.717) is 29.3 Å². The van der Waals surface area contributed by atoms with E-state index in [4.69, 9.17) is 11.6 Å². The number of anilines is 1. The summed E-state index contributed by atoms with van der Waals surface area (Å²) in [7, 11) is 0. The minimum absolute atomic E-state index is 0.0455. The second-order valence-corrected chi connectivity index (χ2v) is 6.56. The standard InChI is InChI=1S/C17H16ClNO2/c18-12-3-5-13(6-4-12)19-9-15(16(20)17(19)21)14-8-10-1-2-11(14)7-10/h1-6,10-11,14,20H,7-9H2. The van der Waals surface area contributed by atoms with Crippen LogP contribution in [0.25, 0.3) is 0 Å². The molecule has 3 atom stereocenters. The molecule has 3 unspecified atom stereocenters. The number of aliphatic hydroxyl groups is 1. The molecule has 4 heteroatoms. The molecule has 1 aromatic carbocycles. The van der Waals surface area contributed by atoms with Crippen molar-refractivity contribution < 1.29 is 9.90 Å². The van der Waals surface area contributed by atoms with Gasteiger partial charge in [-0.05, 0) is 54.9 Å². The molecule has 2 aliphatic carbocycles. The molecule has 1 fully saturated rings. The SMILES string of the molecule is O=C1C(O)=C(C2CC3C=CC2C3)CN1c1ccc(Cl)cc1. The van der Waals surface area contributed by atoms with Crippen LogP contribution in [0.1, 0.15) is 12.8 Å². The molecule has 1 heterocycles. The number of hydrogen-bond donors (Lipinski definition) is 1. The van der Waals surface area contributed by atoms with Crippen molar-refractivity contribution in [1.29, 1.82) is 0 Å². The average Bonchev–Trinajstić information content (AvgIpc) is 3.17. The largest absolute Gasteiger partial charge is 0.503 e. The summed E-state index contributed by atoms with van der Waals surface area (Å²) in [5.74, 6) is 1.10. The number of rotatable bonds is 2. The zero-order valence-electron chi connectivity index (χ0n) is 11.5. The zero-order chi connectivity index (χ0) is 14.6. The summed E-state index contributed by atoms with van der Waals surface area (Å²) in [6, 6.07) is 7.16. The number of aliphatic hydroxyl groups excluding tert-OH is 1. The molecule has 3 aliphatic rings. The summed E-state index contributed by atoms with van der Waals surface area (Å²) in [5.41, 5.74) is 1.69. The molecular weight excluding hydrogens is 286 g/mol. The van der Waals surface area contributed by atoms with Crippen molar-refractivity contribution in [1.82, 2.24) is 0 Å². The molecule has 0 spiro atoms. The lowest BCUT2D eigenvalue weighted by atomic mass is 9.86. The monoisotopic (exact) mass is 301 g/mol. The fourth-order valence-corrected chi connectivity index (χ4v) is 4.01. The lowest BCUT2D eigenvalue weighted by Crippen LogP contribution is -2.27. The maximum Gasteiger partial charge on any atom is 0.293 e. The number of carbonyl (C=O) groups is 1. The second-order valence-electron chi connectivity index (χ2n) is 6.13. The molecule has 3 nitrogen and oxygen atoms in total. The van der Waals surface area contributed by atoms with Crippen molar-refractivity contribution in [2.45, 2.75) is 12.8 Å². The molecule has 1 aromatic rings. The molecule has 0 saturated heterocycles. The molecule has 1 N–H and O–H groups in total. The van der Waals surface area contributed by atoms with E-state index in [1.807, 2.05) is 12.1 Å². The van der Waals surface area contributed by atoms with E-state index in [1.165, 1.54) is 0 Å². The first-order chi connectivity index (χ1) is 10.1. The third kappa shape index (κ3) is 1.99. The molecule has 1 saturated carbocycles. The predicted octanol–water partition coefficient (Wildman–Crippen LogP) is 3.71. The highest BCUT2D eigenvalue weighted by molar-refractivity contribution is 6.30. The normalized spacial score (nSPS) is 30.8. The highest BCUT2D eigenvalue weighted by Gasteiger charge is 2.43. The van der Waals surface area contributed by atoms with E-state index in [9.17, 15) is 9.90 Å². The molecule has 1 aliphatic heterocycles. The number of fused-ring (bicyclic) bond motifs is 2. The Morgan fingerprint density at radius 1 is 1.14 bits per heavy atom. The molecule has 4 rings (SSSR count). The van der Waals surface area contributed by atoms with Crippen LogP contribution in [0.2, 0.25) is 5.02 Å². The van der Waals surface area contributed by atoms with Crippen LogP contribution in [-0.2, 0) is 4.79 Å². The van der Waals surface area contributed by atoms with Gasteiger partial charge in [-0.25, -0.2) is 0 Å². The van der Waals surface area contributed by atoms with Crippen LogP contribution in [0.5, 0.6) is 0 Å². The van der Waals surface area contributed by atoms with Crippen molar-refractivity contribution in [2.24, 2.45) is 17.8 Å². The maximum atomic E-state index is 12.3. The van der Waals surface area contributed by atoms with Crippen LogP contribution in [-0.4, -0.2) is 17.6 Å². The third-order valence-electron chi connectivity index (χ3n) is 4.95. The number of nitrogens with zero attached hydrogens (tertiary/aromatic N) is 1. The van der Waals surface area contributed by atoms with Gasteiger partial charge < -0.3 is 10.0 Å². The number of benzene rings is 1. The quantitative estimate of drug-likeness (QED) is 0.846. The Kier molecular flexibility index (Phi) is 2.86. The first-order valence-electron chi connectivity index (χ1n) is 7.31. The van der Waals surface area contributed by atoms with Crippen molar-refractivity contribution >= 4 is 23.2 Å². The molecule has 0 radical (unpaired) electrons. The van der Waals surface area contributed by atoms with Gasteiger partial charge in [0.1, 0.15) is 0 Å². The Morgan fingerprint density at radius 3 is 2.52 bits per heavy atom. The first-order valence-corrected chi connectivity index (χ1v) is 7.69. The van der Waals surface area contributed by atoms with Gasteiger partial charge in [0.15, 0.2) is 5.76 Å². The van der Waals surface area contributed by atoms with E-state index in [-0.39, 0.29) is 11.7 Å². The Bertz CT molecular complexity index is 662. The van der Waals surface area contributed by atoms with E-state index in [2.05, 4.69) is 12.2 Å². The van der Waals surface area contributed by atoms with Gasteiger partial charge in [0.05, 0.1) is 6.54 Å². The van der Waals surface area contributed by atoms with Crippen LogP contribution >= 0.6 is 11.6 Å². The van der Waals surface area contributed by atoms with E-state index in [1.54, 1.807) is 17.0 Å². The fourth-order valence-electron chi connectivity index (χ4n) is 3.89. The van der Waals surface area contributed by atoms with Gasteiger partial charge in [-0.3, -0.25) is 4.79 Å². The van der Waals surface area contributed by atoms with Gasteiger partial charge in [-0.15, -0.1) is 0 Å². The third-order valence-corrected chi connectivity index (χ3v) is 5.20. The number of allylic oxidation sites excluding steroid dienone is 2. The van der Waals surface area contributed by atoms with Crippen LogP contribution in [0, 0.1) is 17.8 Å². The van der Waals surface area contributed by atoms with Gasteiger partial charge >= 0.3 is 0 Å². The smallest absolute Gasteiger partial charge is 0.293 e. The predicted molar refractivity (Wildman–Crippen MR) is 82.3 cm³/mol. The highest BCUT2D eigenvalue weighted by Crippen LogP contribution is 2.48. The number of hydrogen-bond acceptors (Lipinski definition) is 2. The Hall–Kier alpha value is -1.74. The second kappa shape index (κ2) is 4.63. The molecule has 2 bridgehead atoms. The lowest BCUT2D eigenvalue weighted by molar-refractivity contribution is -0.116. The van der Waals surface area contributed by atoms with Crippen LogP contribution in [0.3, 0.4) is 0 Å². The topological polar surface area (TPSA) is 40.5 Å². The summed E-state index contributed by atoms with van der Waals surface area (Å²) >= 11 is 5.89. The molecular formula is C17H16ClNO2. The minimum Gasteiger partial charge on any atom is -0.503 e. The summed E-state index contributed by atoms with van der Waals surface area (Å²) in [6.07, 6.45) is 6.74. The van der Waals surface area contributed by atoms with E-state index >= 15 is 0 Å². The van der Waals surface area contributed by atoms with Gasteiger partial charge in [0, 0.05) is 16.3 Å². The zero-order valence-corrected chi connectivity index (χ0v) is 12.3. The average molecular weight is 302 g/mol. The van der Waals surface area contributed by atoms with Gasteiger partial charge in [-0.1, -0.05) is 23.8 Å². The summed E-state index contributed by atoms with van der Waals surface area (Å²) in [5, 5.41) is 10.9. The van der Waals surface area contributed by atoms with Crippen molar-refractivity contribution in [3.8, 4) is 0 Å². The van der Waals surface area contributed by atoms with E-state index in [0.717, 1.165) is 24.1 Å². The molecule has 1 amide bonds. The Labute approximate surface area is 128 Å². The Morgan fingerprint density at radius 2 is 1.90 bits per heavy atom. The number of carbonyl (C=O) groups excluding carboxylic acids is 1. The first kappa shape index (κ1) is 13.0. The van der Waals surface area contributed by atoms with Crippen LogP contribution in [0.15, 0.2) is 47.7 Å². The summed E-state index contributed by atoms with van der Waals surface area (Å²) in [6.45, 7) is 0.494. The van der Waals surface area contributed by atoms with Gasteiger partial charge in [0.2, 0.25) is 0 Å². The van der Waals surface area contributed by atoms with Gasteiger partial charge in [-0.2, -0.15) is 0 Å². The summed E-state index contributed by atoms with van der Waals surface area (Å²) in [4.78, 5) is 14.0.